The molecule has 0 atom stereocenters. The maximum Gasteiger partial charge on any atom is 0.264 e. The van der Waals surface area contributed by atoms with Gasteiger partial charge in [-0.15, -0.1) is 0 Å². The van der Waals surface area contributed by atoms with E-state index in [0.717, 1.165) is 15.8 Å². The molecule has 0 radical (unpaired) electrons. The zero-order valence-electron chi connectivity index (χ0n) is 12.4. The molecule has 0 spiro atoms. The van der Waals surface area contributed by atoms with E-state index in [1.807, 2.05) is 19.1 Å². The highest BCUT2D eigenvalue weighted by Gasteiger charge is 2.11. The van der Waals surface area contributed by atoms with Gasteiger partial charge in [-0.3, -0.25) is 10.1 Å². The molecule has 24 heavy (non-hydrogen) atoms. The normalized spacial score (nSPS) is 10.8. The van der Waals surface area contributed by atoms with Crippen LogP contribution in [0.25, 0.3) is 10.2 Å². The number of benzene rings is 2. The Balaban J connectivity index is 1.67. The first-order valence-corrected chi connectivity index (χ1v) is 8.82. The van der Waals surface area contributed by atoms with Crippen molar-refractivity contribution in [2.45, 2.75) is 6.92 Å². The fourth-order valence-corrected chi connectivity index (χ4v) is 3.90. The van der Waals surface area contributed by atoms with Crippen molar-refractivity contribution in [1.82, 2.24) is 4.98 Å². The van der Waals surface area contributed by atoms with E-state index >= 15 is 0 Å². The molecule has 1 N–H and O–H groups in total. The minimum Gasteiger partial charge on any atom is -0.482 e. The van der Waals surface area contributed by atoms with Crippen LogP contribution in [0.1, 0.15) is 5.56 Å². The average Bonchev–Trinajstić information content (AvgIpc) is 2.89. The van der Waals surface area contributed by atoms with Crippen LogP contribution in [0.5, 0.6) is 5.75 Å². The molecule has 8 heteroatoms. The summed E-state index contributed by atoms with van der Waals surface area (Å²) in [7, 11) is 0. The molecule has 2 aromatic carbocycles. The second-order valence-corrected chi connectivity index (χ2v) is 7.31. The Kier molecular flexibility index (Phi) is 5.15. The Labute approximate surface area is 157 Å². The fourth-order valence-electron chi connectivity index (χ4n) is 2.10. The van der Waals surface area contributed by atoms with Gasteiger partial charge in [-0.2, -0.15) is 0 Å². The summed E-state index contributed by atoms with van der Waals surface area (Å²) >= 11 is 19.2. The number of hydrogen-bond acceptors (Lipinski definition) is 4. The number of aryl methyl sites for hydroxylation is 1. The Hall–Kier alpha value is -1.53. The number of carbonyl (C=O) groups is 1. The summed E-state index contributed by atoms with van der Waals surface area (Å²) in [6, 6.07) is 8.46. The largest absolute Gasteiger partial charge is 0.482 e. The molecular formula is C16H11Cl3N2O2S. The summed E-state index contributed by atoms with van der Waals surface area (Å²) < 4.78 is 6.31. The Morgan fingerprint density at radius 1 is 1.21 bits per heavy atom. The highest BCUT2D eigenvalue weighted by atomic mass is 35.5. The van der Waals surface area contributed by atoms with Crippen molar-refractivity contribution in [2.75, 3.05) is 11.9 Å². The van der Waals surface area contributed by atoms with Gasteiger partial charge < -0.3 is 4.74 Å². The Bertz CT molecular complexity index is 927. The average molecular weight is 402 g/mol. The lowest BCUT2D eigenvalue weighted by Gasteiger charge is -2.07. The Morgan fingerprint density at radius 2 is 2.00 bits per heavy atom. The fraction of sp³-hybridized carbons (Fsp3) is 0.125. The second-order valence-electron chi connectivity index (χ2n) is 5.00. The van der Waals surface area contributed by atoms with Crippen molar-refractivity contribution in [2.24, 2.45) is 0 Å². The molecule has 1 amide bonds. The lowest BCUT2D eigenvalue weighted by atomic mass is 10.2. The Morgan fingerprint density at radius 3 is 2.75 bits per heavy atom. The van der Waals surface area contributed by atoms with Gasteiger partial charge in [-0.1, -0.05) is 46.1 Å². The maximum absolute atomic E-state index is 12.0. The van der Waals surface area contributed by atoms with E-state index < -0.39 is 0 Å². The number of fused-ring (bicyclic) bond motifs is 1. The van der Waals surface area contributed by atoms with E-state index in [1.54, 1.807) is 18.2 Å². The predicted molar refractivity (Wildman–Crippen MR) is 100.0 cm³/mol. The molecule has 0 fully saturated rings. The van der Waals surface area contributed by atoms with Crippen LogP contribution in [-0.2, 0) is 4.79 Å². The third-order valence-electron chi connectivity index (χ3n) is 3.15. The topological polar surface area (TPSA) is 51.2 Å². The molecule has 0 aliphatic rings. The number of halogens is 3. The summed E-state index contributed by atoms with van der Waals surface area (Å²) in [5, 5.41) is 4.69. The number of aromatic nitrogens is 1. The summed E-state index contributed by atoms with van der Waals surface area (Å²) in [5.41, 5.74) is 1.78. The number of anilines is 1. The van der Waals surface area contributed by atoms with Gasteiger partial charge >= 0.3 is 0 Å². The molecule has 4 nitrogen and oxygen atoms in total. The first kappa shape index (κ1) is 17.3. The first-order valence-electron chi connectivity index (χ1n) is 6.87. The van der Waals surface area contributed by atoms with Crippen LogP contribution in [0, 0.1) is 6.92 Å². The highest BCUT2D eigenvalue weighted by Crippen LogP contribution is 2.31. The van der Waals surface area contributed by atoms with Crippen LogP contribution in [0.3, 0.4) is 0 Å². The summed E-state index contributed by atoms with van der Waals surface area (Å²) in [6.07, 6.45) is 0. The number of ether oxygens (including phenoxy) is 1. The van der Waals surface area contributed by atoms with Gasteiger partial charge in [0.05, 0.1) is 15.2 Å². The number of amides is 1. The zero-order valence-corrected chi connectivity index (χ0v) is 15.5. The zero-order chi connectivity index (χ0) is 17.3. The quantitative estimate of drug-likeness (QED) is 0.620. The third kappa shape index (κ3) is 3.92. The van der Waals surface area contributed by atoms with Crippen LogP contribution >= 0.6 is 46.1 Å². The van der Waals surface area contributed by atoms with Crippen LogP contribution in [-0.4, -0.2) is 17.5 Å². The van der Waals surface area contributed by atoms with Crippen molar-refractivity contribution < 1.29 is 9.53 Å². The van der Waals surface area contributed by atoms with Gasteiger partial charge in [0.25, 0.3) is 5.91 Å². The van der Waals surface area contributed by atoms with Crippen molar-refractivity contribution >= 4 is 67.4 Å². The van der Waals surface area contributed by atoms with E-state index in [0.29, 0.717) is 25.9 Å². The van der Waals surface area contributed by atoms with Gasteiger partial charge in [0.15, 0.2) is 11.7 Å². The lowest BCUT2D eigenvalue weighted by Crippen LogP contribution is -2.20. The first-order chi connectivity index (χ1) is 11.4. The number of nitrogens with one attached hydrogen (secondary N) is 1. The number of rotatable bonds is 4. The summed E-state index contributed by atoms with van der Waals surface area (Å²) in [4.78, 5) is 16.4. The van der Waals surface area contributed by atoms with E-state index in [2.05, 4.69) is 10.3 Å². The number of thiazole rings is 1. The van der Waals surface area contributed by atoms with Gasteiger partial charge in [0.1, 0.15) is 5.75 Å². The molecule has 0 aliphatic carbocycles. The number of hydrogen-bond donors (Lipinski definition) is 1. The SMILES string of the molecule is Cc1cc(Cl)cc2sc(NC(=O)COc3ccc(Cl)cc3Cl)nc12. The van der Waals surface area contributed by atoms with Gasteiger partial charge in [-0.05, 0) is 42.8 Å². The minimum absolute atomic E-state index is 0.184. The van der Waals surface area contributed by atoms with E-state index in [-0.39, 0.29) is 12.5 Å². The van der Waals surface area contributed by atoms with E-state index in [9.17, 15) is 4.79 Å². The van der Waals surface area contributed by atoms with Gasteiger partial charge in [-0.25, -0.2) is 4.98 Å². The molecule has 3 aromatic rings. The van der Waals surface area contributed by atoms with Crippen LogP contribution in [0.4, 0.5) is 5.13 Å². The van der Waals surface area contributed by atoms with Crippen LogP contribution < -0.4 is 10.1 Å². The molecule has 3 rings (SSSR count). The second kappa shape index (κ2) is 7.15. The maximum atomic E-state index is 12.0. The molecule has 0 saturated heterocycles. The smallest absolute Gasteiger partial charge is 0.264 e. The molecular weight excluding hydrogens is 391 g/mol. The van der Waals surface area contributed by atoms with E-state index in [4.69, 9.17) is 39.5 Å². The van der Waals surface area contributed by atoms with Gasteiger partial charge in [0.2, 0.25) is 0 Å². The minimum atomic E-state index is -0.330. The molecule has 0 aliphatic heterocycles. The van der Waals surface area contributed by atoms with Crippen LogP contribution in [0.15, 0.2) is 30.3 Å². The molecule has 1 aromatic heterocycles. The molecule has 0 bridgehead atoms. The van der Waals surface area contributed by atoms with Gasteiger partial charge in [0, 0.05) is 10.0 Å². The van der Waals surface area contributed by atoms with Crippen LogP contribution in [0.2, 0.25) is 15.1 Å². The van der Waals surface area contributed by atoms with Crippen molar-refractivity contribution in [3.05, 3.63) is 51.0 Å². The standard InChI is InChI=1S/C16H11Cl3N2O2S/c1-8-4-10(18)6-13-15(8)21-16(24-13)20-14(22)7-23-12-3-2-9(17)5-11(12)19/h2-6H,7H2,1H3,(H,20,21,22). The number of carbonyl (C=O) groups excluding carboxylic acids is 1. The summed E-state index contributed by atoms with van der Waals surface area (Å²) in [6.45, 7) is 1.74. The van der Waals surface area contributed by atoms with Crippen molar-refractivity contribution in [1.29, 1.82) is 0 Å². The third-order valence-corrected chi connectivity index (χ3v) is 4.82. The highest BCUT2D eigenvalue weighted by molar-refractivity contribution is 7.22. The monoisotopic (exact) mass is 400 g/mol. The molecule has 0 saturated carbocycles. The lowest BCUT2D eigenvalue weighted by molar-refractivity contribution is -0.118. The van der Waals surface area contributed by atoms with Crippen molar-refractivity contribution in [3.63, 3.8) is 0 Å². The van der Waals surface area contributed by atoms with E-state index in [1.165, 1.54) is 11.3 Å². The van der Waals surface area contributed by atoms with Crippen molar-refractivity contribution in [3.8, 4) is 5.75 Å². The molecule has 124 valence electrons. The molecule has 1 heterocycles. The molecule has 0 unspecified atom stereocenters. The predicted octanol–water partition coefficient (Wildman–Crippen LogP) is 5.58. The number of nitrogens with zero attached hydrogens (tertiary/aromatic N) is 1. The summed E-state index contributed by atoms with van der Waals surface area (Å²) in [5.74, 6) is 0.0620.